The number of ketones is 1. The molecule has 2 aromatic heterocycles. The number of allylic oxidation sites excluding steroid dienone is 5. The van der Waals surface area contributed by atoms with Gasteiger partial charge in [-0.1, -0.05) is 39.0 Å². The standard InChI is InChI=1S/C52H61F2N5O13.CH4O/c1-8-28(4)35-21-36(51(68)69)50(67)59-24-38(53)44(29(5)43(35)59)58-18-17-32(23-58)57-55-22-37-42(56-54)47(65)40-39(46(37)64)41-48(66)52(72-49(41)30(6)45(40)63)70-19-10-9-14-34(71-31(7)61)20-33(62)16-15-26(2)12-11-13-27(3)25-60;1-2/h10-13,19,21-22,24-26,28,32-34,52,56-57,62-65H,8-9,14-18,20,23H2,1-7H3,(H,68,69);2H,1H3/b12-11+,19-10+,27-13-,55-22+;. The summed E-state index contributed by atoms with van der Waals surface area (Å²) in [5.74, 6) is -5.90. The van der Waals surface area contributed by atoms with Crippen LogP contribution in [0.5, 0.6) is 23.0 Å². The van der Waals surface area contributed by atoms with Crippen molar-refractivity contribution >= 4 is 57.9 Å². The van der Waals surface area contributed by atoms with E-state index in [-0.39, 0.29) is 52.8 Å². The third kappa shape index (κ3) is 12.4. The fourth-order valence-corrected chi connectivity index (χ4v) is 9.19. The highest BCUT2D eigenvalue weighted by molar-refractivity contribution is 6.21. The maximum atomic E-state index is 15.9. The SMILES string of the molecule is CCC(C)c1cc(C(=O)O)c(=O)n2cc(F)c(N3CCC(N/N=C/c4c(NF)c(O)c5c(O)c(C)c6c(c5c4O)C(=O)C(O/C=C/CCC(CC(O)CCC(C)/C=C/C=C(/C)C=O)OC(C)=O)O6)C3)c(C)c12.CO. The zero-order valence-corrected chi connectivity index (χ0v) is 42.6. The molecule has 21 heteroatoms. The van der Waals surface area contributed by atoms with E-state index in [1.807, 2.05) is 26.8 Å². The molecule has 400 valence electrons. The van der Waals surface area contributed by atoms with Gasteiger partial charge in [-0.25, -0.2) is 14.7 Å². The Morgan fingerprint density at radius 1 is 1.04 bits per heavy atom. The summed E-state index contributed by atoms with van der Waals surface area (Å²) >= 11 is 0. The maximum Gasteiger partial charge on any atom is 0.341 e. The van der Waals surface area contributed by atoms with Crippen molar-refractivity contribution < 1.29 is 72.9 Å². The Morgan fingerprint density at radius 2 is 1.76 bits per heavy atom. The van der Waals surface area contributed by atoms with Crippen LogP contribution in [0.4, 0.5) is 20.2 Å². The van der Waals surface area contributed by atoms with Crippen molar-refractivity contribution in [2.75, 3.05) is 30.6 Å². The van der Waals surface area contributed by atoms with Crippen molar-refractivity contribution in [1.82, 2.24) is 9.83 Å². The van der Waals surface area contributed by atoms with E-state index in [4.69, 9.17) is 19.3 Å². The van der Waals surface area contributed by atoms with Gasteiger partial charge in [0, 0.05) is 44.5 Å². The van der Waals surface area contributed by atoms with Crippen LogP contribution in [0, 0.1) is 25.6 Å². The van der Waals surface area contributed by atoms with E-state index in [0.717, 1.165) is 30.2 Å². The fourth-order valence-electron chi connectivity index (χ4n) is 9.19. The number of aldehydes is 1. The number of carboxylic acid groups (broad SMARTS) is 1. The van der Waals surface area contributed by atoms with Crippen LogP contribution >= 0.6 is 0 Å². The average molecular weight is 1030 g/mol. The zero-order chi connectivity index (χ0) is 54.7. The number of aromatic carboxylic acids is 1. The lowest BCUT2D eigenvalue weighted by Crippen LogP contribution is -2.31. The number of hydrazone groups is 1. The van der Waals surface area contributed by atoms with E-state index in [0.29, 0.717) is 67.3 Å². The van der Waals surface area contributed by atoms with E-state index in [1.165, 1.54) is 31.7 Å². The van der Waals surface area contributed by atoms with Gasteiger partial charge < -0.3 is 55.2 Å². The highest BCUT2D eigenvalue weighted by atomic mass is 19.2. The number of hydrogen-bond donors (Lipinski definition) is 8. The first-order valence-corrected chi connectivity index (χ1v) is 24.1. The van der Waals surface area contributed by atoms with Crippen LogP contribution in [0.2, 0.25) is 0 Å². The highest BCUT2D eigenvalue weighted by Crippen LogP contribution is 2.53. The number of carboxylic acids is 1. The molecule has 74 heavy (non-hydrogen) atoms. The van der Waals surface area contributed by atoms with Gasteiger partial charge in [-0.05, 0) is 100.0 Å². The van der Waals surface area contributed by atoms with Crippen molar-refractivity contribution in [3.8, 4) is 23.0 Å². The number of phenolic OH excluding ortho intramolecular Hbond substituents is 3. The Balaban J connectivity index is 0.00000501. The number of carbonyl (C=O) groups excluding carboxylic acids is 3. The average Bonchev–Trinajstić information content (AvgIpc) is 3.97. The number of aromatic nitrogens is 1. The van der Waals surface area contributed by atoms with Crippen molar-refractivity contribution in [3.63, 3.8) is 0 Å². The minimum Gasteiger partial charge on any atom is -0.507 e. The van der Waals surface area contributed by atoms with Crippen LogP contribution < -0.4 is 26.2 Å². The minimum absolute atomic E-state index is 0.0152. The summed E-state index contributed by atoms with van der Waals surface area (Å²) in [7, 11) is 1.00. The van der Waals surface area contributed by atoms with Crippen LogP contribution in [-0.4, -0.2) is 110 Å². The molecule has 0 bridgehead atoms. The topological polar surface area (TPSA) is 278 Å². The molecule has 2 aliphatic rings. The molecule has 4 heterocycles. The van der Waals surface area contributed by atoms with E-state index in [2.05, 4.69) is 10.5 Å². The van der Waals surface area contributed by atoms with Crippen molar-refractivity contribution in [1.29, 1.82) is 0 Å². The minimum atomic E-state index is -1.61. The summed E-state index contributed by atoms with van der Waals surface area (Å²) in [5, 5.41) is 65.1. The number of ether oxygens (including phenoxy) is 3. The number of aliphatic hydroxyl groups is 2. The molecule has 4 aromatic rings. The Hall–Kier alpha value is -7.52. The van der Waals surface area contributed by atoms with Crippen molar-refractivity contribution in [2.45, 2.75) is 124 Å². The predicted molar refractivity (Wildman–Crippen MR) is 274 cm³/mol. The lowest BCUT2D eigenvalue weighted by Gasteiger charge is -2.25. The molecule has 6 atom stereocenters. The second-order valence-electron chi connectivity index (χ2n) is 18.4. The molecular formula is C53H65F2N5O14. The van der Waals surface area contributed by atoms with Gasteiger partial charge in [0.1, 0.15) is 40.9 Å². The molecule has 0 spiro atoms. The Kier molecular flexibility index (Phi) is 19.7. The fraction of sp³-hybridized carbons (Fsp3) is 0.434. The number of carbonyl (C=O) groups is 4. The maximum absolute atomic E-state index is 15.9. The summed E-state index contributed by atoms with van der Waals surface area (Å²) in [6, 6.07) is 0.913. The number of pyridine rings is 2. The molecule has 2 aromatic carbocycles. The van der Waals surface area contributed by atoms with E-state index in [9.17, 15) is 54.0 Å². The van der Waals surface area contributed by atoms with Gasteiger partial charge in [-0.2, -0.15) is 5.10 Å². The number of aliphatic hydroxyl groups excluding tert-OH is 2. The van der Waals surface area contributed by atoms with Gasteiger partial charge in [0.05, 0.1) is 58.5 Å². The first kappa shape index (κ1) is 57.4. The number of nitrogens with zero attached hydrogens (tertiary/aromatic N) is 3. The van der Waals surface area contributed by atoms with Crippen LogP contribution in [0.25, 0.3) is 16.3 Å². The molecule has 0 radical (unpaired) electrons. The number of anilines is 2. The smallest absolute Gasteiger partial charge is 0.341 e. The summed E-state index contributed by atoms with van der Waals surface area (Å²) < 4.78 is 48.4. The first-order valence-electron chi connectivity index (χ1n) is 24.1. The number of hydrogen-bond acceptors (Lipinski definition) is 17. The summed E-state index contributed by atoms with van der Waals surface area (Å²) in [6.07, 6.45) is 10.9. The molecule has 19 nitrogen and oxygen atoms in total. The van der Waals surface area contributed by atoms with E-state index in [1.54, 1.807) is 37.0 Å². The Labute approximate surface area is 426 Å². The number of aryl methyl sites for hydroxylation is 1. The largest absolute Gasteiger partial charge is 0.507 e. The quantitative estimate of drug-likeness (QED) is 0.00358. The second-order valence-corrected chi connectivity index (χ2v) is 18.4. The number of esters is 1. The Morgan fingerprint density at radius 3 is 2.41 bits per heavy atom. The predicted octanol–water partition coefficient (Wildman–Crippen LogP) is 7.66. The van der Waals surface area contributed by atoms with E-state index >= 15 is 4.39 Å². The summed E-state index contributed by atoms with van der Waals surface area (Å²) in [4.78, 5) is 63.4. The normalized spacial score (nSPS) is 17.3. The molecule has 8 N–H and O–H groups in total. The zero-order valence-electron chi connectivity index (χ0n) is 42.6. The number of nitrogens with one attached hydrogen (secondary N) is 2. The van der Waals surface area contributed by atoms with Gasteiger partial charge >= 0.3 is 18.2 Å². The van der Waals surface area contributed by atoms with E-state index < -0.39 is 93.1 Å². The molecule has 0 saturated carbocycles. The van der Waals surface area contributed by atoms with Crippen LogP contribution in [0.15, 0.2) is 58.3 Å². The second kappa shape index (κ2) is 25.4. The van der Waals surface area contributed by atoms with Gasteiger partial charge in [0.15, 0.2) is 11.6 Å². The molecule has 6 rings (SSSR count). The van der Waals surface area contributed by atoms with Crippen molar-refractivity contribution in [3.05, 3.63) is 98.0 Å². The first-order chi connectivity index (χ1) is 35.2. The number of aromatic hydroxyl groups is 3. The summed E-state index contributed by atoms with van der Waals surface area (Å²) in [6.45, 7) is 12.3. The third-order valence-corrected chi connectivity index (χ3v) is 13.2. The molecule has 1 saturated heterocycles. The van der Waals surface area contributed by atoms with Gasteiger partial charge in [-0.15, -0.1) is 4.48 Å². The monoisotopic (exact) mass is 1030 g/mol. The number of Topliss-reactive ketones (excluding diaryl/α,β-unsaturated/α-hetero) is 1. The molecule has 0 amide bonds. The molecule has 6 unspecified atom stereocenters. The molecule has 1 fully saturated rings. The van der Waals surface area contributed by atoms with Crippen molar-refractivity contribution in [2.24, 2.45) is 11.0 Å². The van der Waals surface area contributed by atoms with Crippen LogP contribution in [0.3, 0.4) is 0 Å². The van der Waals surface area contributed by atoms with Gasteiger partial charge in [-0.3, -0.25) is 23.6 Å². The number of benzene rings is 2. The molecule has 0 aliphatic carbocycles. The molecule has 2 aliphatic heterocycles. The Bertz CT molecular complexity index is 2950. The third-order valence-electron chi connectivity index (χ3n) is 13.2. The van der Waals surface area contributed by atoms with Crippen LogP contribution in [-0.2, 0) is 19.1 Å². The molecular weight excluding hydrogens is 969 g/mol. The lowest BCUT2D eigenvalue weighted by molar-refractivity contribution is -0.148. The van der Waals surface area contributed by atoms with Crippen LogP contribution in [0.1, 0.15) is 128 Å². The highest BCUT2D eigenvalue weighted by Gasteiger charge is 2.41. The van der Waals surface area contributed by atoms with Gasteiger partial charge in [0.2, 0.25) is 5.78 Å². The van der Waals surface area contributed by atoms with Gasteiger partial charge in [0.25, 0.3) is 5.56 Å². The number of rotatable bonds is 22. The number of halogens is 2. The summed E-state index contributed by atoms with van der Waals surface area (Å²) in [5.41, 5.74) is 3.79. The lowest BCUT2D eigenvalue weighted by atomic mass is 9.93. The number of fused-ring (bicyclic) bond motifs is 4. The number of phenols is 3.